The van der Waals surface area contributed by atoms with Crippen LogP contribution < -0.4 is 5.32 Å². The molecule has 0 radical (unpaired) electrons. The summed E-state index contributed by atoms with van der Waals surface area (Å²) in [4.78, 5) is 14.1. The predicted octanol–water partition coefficient (Wildman–Crippen LogP) is 3.01. The molecule has 3 nitrogen and oxygen atoms in total. The van der Waals surface area contributed by atoms with Gasteiger partial charge in [0.15, 0.2) is 0 Å². The molecule has 1 heterocycles. The van der Waals surface area contributed by atoms with Gasteiger partial charge in [-0.3, -0.25) is 0 Å². The van der Waals surface area contributed by atoms with E-state index in [2.05, 4.69) is 19.2 Å². The first-order chi connectivity index (χ1) is 8.16. The molecule has 1 saturated carbocycles. The Bertz CT molecular complexity index is 261. The minimum Gasteiger partial charge on any atom is -0.335 e. The molecule has 1 aliphatic carbocycles. The van der Waals surface area contributed by atoms with Crippen LogP contribution in [0.4, 0.5) is 4.79 Å². The molecule has 0 spiro atoms. The fourth-order valence-corrected chi connectivity index (χ4v) is 3.24. The Morgan fingerprint density at radius 1 is 1.24 bits per heavy atom. The van der Waals surface area contributed by atoms with Gasteiger partial charge >= 0.3 is 6.03 Å². The molecule has 98 valence electrons. The van der Waals surface area contributed by atoms with Gasteiger partial charge in [0, 0.05) is 19.1 Å². The molecular formula is C14H26N2O. The number of hydrogen-bond acceptors (Lipinski definition) is 1. The number of nitrogens with one attached hydrogen (secondary N) is 1. The van der Waals surface area contributed by atoms with Crippen LogP contribution in [0.3, 0.4) is 0 Å². The molecule has 0 aromatic rings. The molecule has 2 fully saturated rings. The Morgan fingerprint density at radius 3 is 2.59 bits per heavy atom. The van der Waals surface area contributed by atoms with Gasteiger partial charge in [-0.25, -0.2) is 4.79 Å². The number of amides is 2. The first-order valence-corrected chi connectivity index (χ1v) is 7.22. The van der Waals surface area contributed by atoms with E-state index in [0.717, 1.165) is 19.5 Å². The molecule has 0 aromatic heterocycles. The monoisotopic (exact) mass is 238 g/mol. The van der Waals surface area contributed by atoms with Crippen LogP contribution in [0.5, 0.6) is 0 Å². The maximum Gasteiger partial charge on any atom is 0.317 e. The largest absolute Gasteiger partial charge is 0.335 e. The number of nitrogens with zero attached hydrogens (tertiary/aromatic N) is 1. The topological polar surface area (TPSA) is 32.3 Å². The van der Waals surface area contributed by atoms with E-state index in [1.54, 1.807) is 0 Å². The SMILES string of the molecule is CC1CCCN(C(=O)NC(C)C2CCCC2)C1. The quantitative estimate of drug-likeness (QED) is 0.788. The van der Waals surface area contributed by atoms with Gasteiger partial charge < -0.3 is 10.2 Å². The summed E-state index contributed by atoms with van der Waals surface area (Å²) < 4.78 is 0. The summed E-state index contributed by atoms with van der Waals surface area (Å²) in [7, 11) is 0. The van der Waals surface area contributed by atoms with Crippen molar-refractivity contribution in [3.63, 3.8) is 0 Å². The third-order valence-corrected chi connectivity index (χ3v) is 4.40. The van der Waals surface area contributed by atoms with Gasteiger partial charge in [0.2, 0.25) is 0 Å². The van der Waals surface area contributed by atoms with Gasteiger partial charge in [0.25, 0.3) is 0 Å². The Morgan fingerprint density at radius 2 is 1.94 bits per heavy atom. The molecule has 0 aromatic carbocycles. The number of hydrogen-bond donors (Lipinski definition) is 1. The number of likely N-dealkylation sites (tertiary alicyclic amines) is 1. The molecule has 1 saturated heterocycles. The van der Waals surface area contributed by atoms with E-state index in [9.17, 15) is 4.79 Å². The summed E-state index contributed by atoms with van der Waals surface area (Å²) in [5.74, 6) is 1.37. The second kappa shape index (κ2) is 5.74. The van der Waals surface area contributed by atoms with E-state index in [4.69, 9.17) is 0 Å². The van der Waals surface area contributed by atoms with Gasteiger partial charge in [-0.05, 0) is 44.4 Å². The molecule has 2 atom stereocenters. The summed E-state index contributed by atoms with van der Waals surface area (Å²) in [5.41, 5.74) is 0. The lowest BCUT2D eigenvalue weighted by Crippen LogP contribution is -2.49. The molecule has 1 aliphatic heterocycles. The fraction of sp³-hybridized carbons (Fsp3) is 0.929. The average molecular weight is 238 g/mol. The Kier molecular flexibility index (Phi) is 4.30. The highest BCUT2D eigenvalue weighted by atomic mass is 16.2. The Labute approximate surface area is 105 Å². The van der Waals surface area contributed by atoms with E-state index in [0.29, 0.717) is 17.9 Å². The minimum absolute atomic E-state index is 0.163. The standard InChI is InChI=1S/C14H26N2O/c1-11-6-5-9-16(10-11)14(17)15-12(2)13-7-3-4-8-13/h11-13H,3-10H2,1-2H3,(H,15,17). The molecule has 17 heavy (non-hydrogen) atoms. The number of rotatable bonds is 2. The van der Waals surface area contributed by atoms with Crippen molar-refractivity contribution in [3.05, 3.63) is 0 Å². The number of carbonyl (C=O) groups excluding carboxylic acids is 1. The van der Waals surface area contributed by atoms with E-state index in [-0.39, 0.29) is 6.03 Å². The molecule has 2 aliphatic rings. The second-order valence-electron chi connectivity index (χ2n) is 5.98. The van der Waals surface area contributed by atoms with Crippen LogP contribution in [-0.4, -0.2) is 30.1 Å². The summed E-state index contributed by atoms with van der Waals surface area (Å²) in [5, 5.41) is 3.20. The highest BCUT2D eigenvalue weighted by Crippen LogP contribution is 2.27. The molecule has 2 unspecified atom stereocenters. The molecule has 0 bridgehead atoms. The average Bonchev–Trinajstić information content (AvgIpc) is 2.82. The van der Waals surface area contributed by atoms with E-state index < -0.39 is 0 Å². The van der Waals surface area contributed by atoms with Crippen molar-refractivity contribution in [2.45, 2.75) is 58.4 Å². The zero-order valence-corrected chi connectivity index (χ0v) is 11.2. The summed E-state index contributed by atoms with van der Waals surface area (Å²) in [6.45, 7) is 6.28. The highest BCUT2D eigenvalue weighted by molar-refractivity contribution is 5.74. The summed E-state index contributed by atoms with van der Waals surface area (Å²) in [6.07, 6.45) is 7.68. The van der Waals surface area contributed by atoms with Gasteiger partial charge in [-0.2, -0.15) is 0 Å². The van der Waals surface area contributed by atoms with Crippen LogP contribution in [-0.2, 0) is 0 Å². The maximum atomic E-state index is 12.1. The lowest BCUT2D eigenvalue weighted by Gasteiger charge is -2.33. The third-order valence-electron chi connectivity index (χ3n) is 4.40. The van der Waals surface area contributed by atoms with E-state index in [1.807, 2.05) is 4.90 Å². The summed E-state index contributed by atoms with van der Waals surface area (Å²) in [6, 6.07) is 0.512. The fourth-order valence-electron chi connectivity index (χ4n) is 3.24. The third kappa shape index (κ3) is 3.36. The van der Waals surface area contributed by atoms with Gasteiger partial charge in [-0.1, -0.05) is 19.8 Å². The second-order valence-corrected chi connectivity index (χ2v) is 5.98. The van der Waals surface area contributed by atoms with Crippen molar-refractivity contribution in [1.82, 2.24) is 10.2 Å². The molecular weight excluding hydrogens is 212 g/mol. The van der Waals surface area contributed by atoms with Crippen LogP contribution >= 0.6 is 0 Å². The lowest BCUT2D eigenvalue weighted by molar-refractivity contribution is 0.163. The van der Waals surface area contributed by atoms with Crippen LogP contribution in [0.2, 0.25) is 0 Å². The van der Waals surface area contributed by atoms with Gasteiger partial charge in [0.05, 0.1) is 0 Å². The van der Waals surface area contributed by atoms with Crippen LogP contribution in [0.25, 0.3) is 0 Å². The van der Waals surface area contributed by atoms with Gasteiger partial charge in [0.1, 0.15) is 0 Å². The molecule has 2 amide bonds. The number of urea groups is 1. The van der Waals surface area contributed by atoms with E-state index >= 15 is 0 Å². The highest BCUT2D eigenvalue weighted by Gasteiger charge is 2.26. The minimum atomic E-state index is 0.163. The number of piperidine rings is 1. The van der Waals surface area contributed by atoms with Crippen molar-refractivity contribution in [3.8, 4) is 0 Å². The first-order valence-electron chi connectivity index (χ1n) is 7.22. The smallest absolute Gasteiger partial charge is 0.317 e. The van der Waals surface area contributed by atoms with Crippen molar-refractivity contribution >= 4 is 6.03 Å². The van der Waals surface area contributed by atoms with E-state index in [1.165, 1.54) is 32.1 Å². The Balaban J connectivity index is 1.79. The van der Waals surface area contributed by atoms with Crippen molar-refractivity contribution in [2.75, 3.05) is 13.1 Å². The zero-order chi connectivity index (χ0) is 12.3. The summed E-state index contributed by atoms with van der Waals surface area (Å²) >= 11 is 0. The molecule has 1 N–H and O–H groups in total. The lowest BCUT2D eigenvalue weighted by atomic mass is 9.99. The van der Waals surface area contributed by atoms with Crippen molar-refractivity contribution in [1.29, 1.82) is 0 Å². The first kappa shape index (κ1) is 12.7. The van der Waals surface area contributed by atoms with Crippen LogP contribution in [0.15, 0.2) is 0 Å². The zero-order valence-electron chi connectivity index (χ0n) is 11.2. The number of carbonyl (C=O) groups is 1. The molecule has 2 rings (SSSR count). The molecule has 3 heteroatoms. The van der Waals surface area contributed by atoms with Crippen LogP contribution in [0, 0.1) is 11.8 Å². The van der Waals surface area contributed by atoms with Crippen molar-refractivity contribution in [2.24, 2.45) is 11.8 Å². The predicted molar refractivity (Wildman–Crippen MR) is 69.9 cm³/mol. The normalized spacial score (nSPS) is 28.1. The maximum absolute atomic E-state index is 12.1. The van der Waals surface area contributed by atoms with Gasteiger partial charge in [-0.15, -0.1) is 0 Å². The van der Waals surface area contributed by atoms with Crippen molar-refractivity contribution < 1.29 is 4.79 Å². The van der Waals surface area contributed by atoms with Crippen LogP contribution in [0.1, 0.15) is 52.4 Å². The Hall–Kier alpha value is -0.730.